The van der Waals surface area contributed by atoms with E-state index >= 15 is 0 Å². The molecule has 1 N–H and O–H groups in total. The fourth-order valence-corrected chi connectivity index (χ4v) is 4.40. The largest absolute Gasteiger partial charge is 0.342 e. The van der Waals surface area contributed by atoms with Gasteiger partial charge in [0.1, 0.15) is 0 Å². The summed E-state index contributed by atoms with van der Waals surface area (Å²) in [5.41, 5.74) is 1.27. The van der Waals surface area contributed by atoms with Crippen molar-refractivity contribution >= 4 is 23.2 Å². The van der Waals surface area contributed by atoms with Crippen molar-refractivity contribution in [2.75, 3.05) is 33.2 Å². The van der Waals surface area contributed by atoms with E-state index in [0.717, 1.165) is 39.0 Å². The maximum Gasteiger partial charge on any atom is 0.223 e. The van der Waals surface area contributed by atoms with Gasteiger partial charge in [0.15, 0.2) is 0 Å². The van der Waals surface area contributed by atoms with Gasteiger partial charge in [0.25, 0.3) is 0 Å². The van der Waals surface area contributed by atoms with E-state index in [2.05, 4.69) is 16.8 Å². The third kappa shape index (κ3) is 3.93. The molecule has 1 atom stereocenters. The Kier molecular flexibility index (Phi) is 5.33. The van der Waals surface area contributed by atoms with Gasteiger partial charge in [-0.25, -0.2) is 0 Å². The molecule has 3 rings (SSSR count). The third-order valence-corrected chi connectivity index (χ3v) is 5.87. The van der Waals surface area contributed by atoms with E-state index in [1.54, 1.807) is 11.3 Å². The van der Waals surface area contributed by atoms with Gasteiger partial charge in [-0.05, 0) is 49.4 Å². The van der Waals surface area contributed by atoms with Crippen LogP contribution in [0.15, 0.2) is 11.4 Å². The number of hydrogen-bond acceptors (Lipinski definition) is 4. The van der Waals surface area contributed by atoms with Gasteiger partial charge in [-0.2, -0.15) is 0 Å². The molecule has 0 bridgehead atoms. The number of hydrogen-bond donors (Lipinski definition) is 1. The van der Waals surface area contributed by atoms with Crippen LogP contribution in [0.4, 0.5) is 0 Å². The molecule has 5 nitrogen and oxygen atoms in total. The second-order valence-corrected chi connectivity index (χ2v) is 7.49. The Bertz CT molecular complexity index is 572. The highest BCUT2D eigenvalue weighted by molar-refractivity contribution is 7.10. The molecule has 0 saturated carbocycles. The zero-order chi connectivity index (χ0) is 16.2. The molecule has 0 spiro atoms. The van der Waals surface area contributed by atoms with E-state index in [9.17, 15) is 9.59 Å². The highest BCUT2D eigenvalue weighted by atomic mass is 32.1. The summed E-state index contributed by atoms with van der Waals surface area (Å²) < 4.78 is 0. The molecule has 1 fully saturated rings. The van der Waals surface area contributed by atoms with Crippen molar-refractivity contribution in [1.82, 2.24) is 15.1 Å². The van der Waals surface area contributed by atoms with Gasteiger partial charge in [-0.3, -0.25) is 9.59 Å². The molecule has 23 heavy (non-hydrogen) atoms. The second-order valence-electron chi connectivity index (χ2n) is 6.49. The maximum absolute atomic E-state index is 12.4. The van der Waals surface area contributed by atoms with Gasteiger partial charge in [-0.1, -0.05) is 0 Å². The number of likely N-dealkylation sites (tertiary alicyclic amines) is 1. The van der Waals surface area contributed by atoms with Gasteiger partial charge in [0.2, 0.25) is 11.8 Å². The Hall–Kier alpha value is -1.40. The van der Waals surface area contributed by atoms with Gasteiger partial charge in [0, 0.05) is 43.9 Å². The number of nitrogens with one attached hydrogen (secondary N) is 1. The fourth-order valence-electron chi connectivity index (χ4n) is 3.51. The van der Waals surface area contributed by atoms with Gasteiger partial charge < -0.3 is 15.1 Å². The highest BCUT2D eigenvalue weighted by Gasteiger charge is 2.27. The monoisotopic (exact) mass is 335 g/mol. The number of nitrogens with zero attached hydrogens (tertiary/aromatic N) is 2. The molecule has 0 radical (unpaired) electrons. The number of fused-ring (bicyclic) bond motifs is 1. The molecule has 2 amide bonds. The fraction of sp³-hybridized carbons (Fsp3) is 0.647. The van der Waals surface area contributed by atoms with Crippen molar-refractivity contribution in [2.24, 2.45) is 5.92 Å². The van der Waals surface area contributed by atoms with E-state index in [-0.39, 0.29) is 11.8 Å². The summed E-state index contributed by atoms with van der Waals surface area (Å²) in [7, 11) is 1.95. The molecule has 1 aromatic heterocycles. The Morgan fingerprint density at radius 3 is 2.83 bits per heavy atom. The molecule has 1 unspecified atom stereocenters. The zero-order valence-corrected chi connectivity index (χ0v) is 14.5. The van der Waals surface area contributed by atoms with Crippen LogP contribution in [0, 0.1) is 5.92 Å². The first-order valence-corrected chi connectivity index (χ1v) is 9.30. The minimum atomic E-state index is 0.112. The number of carbonyl (C=O) groups is 2. The van der Waals surface area contributed by atoms with E-state index in [1.165, 1.54) is 10.4 Å². The smallest absolute Gasteiger partial charge is 0.223 e. The molecule has 2 aliphatic rings. The predicted octanol–water partition coefficient (Wildman–Crippen LogP) is 1.48. The van der Waals surface area contributed by atoms with Crippen LogP contribution in [0.25, 0.3) is 0 Å². The van der Waals surface area contributed by atoms with Crippen molar-refractivity contribution in [3.05, 3.63) is 21.9 Å². The van der Waals surface area contributed by atoms with Crippen LogP contribution in [0.5, 0.6) is 0 Å². The van der Waals surface area contributed by atoms with E-state index in [4.69, 9.17) is 0 Å². The van der Waals surface area contributed by atoms with Crippen molar-refractivity contribution < 1.29 is 9.59 Å². The predicted molar refractivity (Wildman–Crippen MR) is 91.3 cm³/mol. The van der Waals surface area contributed by atoms with Crippen LogP contribution in [0.3, 0.4) is 0 Å². The minimum absolute atomic E-state index is 0.112. The molecule has 1 aromatic rings. The lowest BCUT2D eigenvalue weighted by Gasteiger charge is -2.27. The average Bonchev–Trinajstić information content (AvgIpc) is 3.20. The van der Waals surface area contributed by atoms with Crippen molar-refractivity contribution in [3.8, 4) is 0 Å². The van der Waals surface area contributed by atoms with E-state index < -0.39 is 0 Å². The van der Waals surface area contributed by atoms with E-state index in [1.807, 2.05) is 16.8 Å². The normalized spacial score (nSPS) is 20.7. The first-order chi connectivity index (χ1) is 11.2. The number of rotatable bonds is 5. The summed E-state index contributed by atoms with van der Waals surface area (Å²) in [6.07, 6.45) is 2.70. The lowest BCUT2D eigenvalue weighted by atomic mass is 10.1. The molecule has 126 valence electrons. The summed E-state index contributed by atoms with van der Waals surface area (Å²) in [6, 6.07) is 2.11. The first-order valence-electron chi connectivity index (χ1n) is 8.42. The quantitative estimate of drug-likeness (QED) is 0.887. The van der Waals surface area contributed by atoms with Crippen molar-refractivity contribution in [1.29, 1.82) is 0 Å². The van der Waals surface area contributed by atoms with E-state index in [0.29, 0.717) is 25.3 Å². The van der Waals surface area contributed by atoms with Gasteiger partial charge in [0.05, 0.1) is 0 Å². The van der Waals surface area contributed by atoms with Gasteiger partial charge >= 0.3 is 0 Å². The second kappa shape index (κ2) is 7.45. The van der Waals surface area contributed by atoms with Crippen LogP contribution in [0.1, 0.15) is 29.7 Å². The van der Waals surface area contributed by atoms with Crippen molar-refractivity contribution in [2.45, 2.75) is 32.2 Å². The Morgan fingerprint density at radius 2 is 2.04 bits per heavy atom. The topological polar surface area (TPSA) is 52.7 Å². The minimum Gasteiger partial charge on any atom is -0.342 e. The molecule has 0 aliphatic carbocycles. The molecule has 3 heterocycles. The SMILES string of the molecule is CNCC1CCN(C(=O)CCC(=O)N2CCc3sccc3C2)C1. The molecular formula is C17H25N3O2S. The Balaban J connectivity index is 1.44. The molecular weight excluding hydrogens is 310 g/mol. The van der Waals surface area contributed by atoms with Crippen molar-refractivity contribution in [3.63, 3.8) is 0 Å². The number of amides is 2. The zero-order valence-electron chi connectivity index (χ0n) is 13.7. The Morgan fingerprint density at radius 1 is 1.26 bits per heavy atom. The number of thiophene rings is 1. The molecule has 0 aromatic carbocycles. The van der Waals surface area contributed by atoms with Crippen LogP contribution in [-0.4, -0.2) is 54.8 Å². The lowest BCUT2D eigenvalue weighted by Crippen LogP contribution is -2.36. The van der Waals surface area contributed by atoms with Crippen LogP contribution in [0.2, 0.25) is 0 Å². The van der Waals surface area contributed by atoms with Gasteiger partial charge in [-0.15, -0.1) is 11.3 Å². The lowest BCUT2D eigenvalue weighted by molar-refractivity contribution is -0.137. The van der Waals surface area contributed by atoms with Crippen LogP contribution >= 0.6 is 11.3 Å². The highest BCUT2D eigenvalue weighted by Crippen LogP contribution is 2.24. The summed E-state index contributed by atoms with van der Waals surface area (Å²) in [5, 5.41) is 5.26. The standard InChI is InChI=1S/C17H25N3O2S/c1-18-10-13-4-7-19(11-13)16(21)2-3-17(22)20-8-5-15-14(12-20)6-9-23-15/h6,9,13,18H,2-5,7-8,10-12H2,1H3. The maximum atomic E-state index is 12.4. The van der Waals surface area contributed by atoms with Crippen LogP contribution in [-0.2, 0) is 22.6 Å². The summed E-state index contributed by atoms with van der Waals surface area (Å²) in [5.74, 6) is 0.796. The summed E-state index contributed by atoms with van der Waals surface area (Å²) in [6.45, 7) is 4.12. The van der Waals surface area contributed by atoms with Crippen LogP contribution < -0.4 is 5.32 Å². The molecule has 6 heteroatoms. The molecule has 2 aliphatic heterocycles. The Labute approximate surface area is 141 Å². The average molecular weight is 335 g/mol. The molecule has 1 saturated heterocycles. The number of carbonyl (C=O) groups excluding carboxylic acids is 2. The third-order valence-electron chi connectivity index (χ3n) is 4.84. The summed E-state index contributed by atoms with van der Waals surface area (Å²) >= 11 is 1.77. The first kappa shape index (κ1) is 16.5. The summed E-state index contributed by atoms with van der Waals surface area (Å²) in [4.78, 5) is 29.9.